The van der Waals surface area contributed by atoms with E-state index in [-0.39, 0.29) is 6.04 Å². The first-order valence-electron chi connectivity index (χ1n) is 22.4. The summed E-state index contributed by atoms with van der Waals surface area (Å²) in [5.74, 6) is 2.11. The summed E-state index contributed by atoms with van der Waals surface area (Å²) in [5.41, 5.74) is 17.5. The van der Waals surface area contributed by atoms with Gasteiger partial charge in [-0.1, -0.05) is 213 Å². The second-order valence-electron chi connectivity index (χ2n) is 17.5. The van der Waals surface area contributed by atoms with Crippen LogP contribution in [0.3, 0.4) is 0 Å². The number of hydrogen-bond donors (Lipinski definition) is 0. The number of hydrogen-bond acceptors (Lipinski definition) is 2. The molecule has 0 N–H and O–H groups in total. The predicted octanol–water partition coefficient (Wildman–Crippen LogP) is 13.4. The predicted molar refractivity (Wildman–Crippen MR) is 255 cm³/mol. The Kier molecular flexibility index (Phi) is 7.87. The van der Waals surface area contributed by atoms with Crippen molar-refractivity contribution in [1.29, 1.82) is 0 Å². The number of fused-ring (bicyclic) bond motifs is 16. The van der Waals surface area contributed by atoms with Crippen molar-refractivity contribution in [2.75, 3.05) is 0 Å². The summed E-state index contributed by atoms with van der Waals surface area (Å²) in [5, 5.41) is 2.28. The third-order valence-corrected chi connectivity index (χ3v) is 14.6. The fourth-order valence-electron chi connectivity index (χ4n) is 12.0. The van der Waals surface area contributed by atoms with Crippen LogP contribution in [0.15, 0.2) is 217 Å². The van der Waals surface area contributed by atoms with Gasteiger partial charge in [-0.3, -0.25) is 4.99 Å². The molecule has 0 bridgehead atoms. The molecule has 2 nitrogen and oxygen atoms in total. The van der Waals surface area contributed by atoms with Crippen molar-refractivity contribution in [3.63, 3.8) is 0 Å². The summed E-state index contributed by atoms with van der Waals surface area (Å²) in [4.78, 5) is 5.36. The second-order valence-corrected chi connectivity index (χ2v) is 17.5. The van der Waals surface area contributed by atoms with Crippen molar-refractivity contribution < 1.29 is 4.74 Å². The molecule has 4 aliphatic rings. The van der Waals surface area contributed by atoms with Gasteiger partial charge in [0, 0.05) is 27.8 Å². The van der Waals surface area contributed by atoms with Crippen LogP contribution in [-0.2, 0) is 10.8 Å². The van der Waals surface area contributed by atoms with Gasteiger partial charge >= 0.3 is 0 Å². The number of para-hydroxylation sites is 2. The van der Waals surface area contributed by atoms with Gasteiger partial charge in [-0.15, -0.1) is 0 Å². The quantitative estimate of drug-likeness (QED) is 0.174. The molecule has 2 heterocycles. The Hall–Kier alpha value is -7.55. The third kappa shape index (κ3) is 4.87. The lowest BCUT2D eigenvalue weighted by Crippen LogP contribution is -2.45. The molecule has 2 aliphatic heterocycles. The number of ether oxygens (including phenoxy) is 1. The summed E-state index contributed by atoms with van der Waals surface area (Å²) in [6.45, 7) is 2.27. The lowest BCUT2D eigenvalue weighted by atomic mass is 9.51. The van der Waals surface area contributed by atoms with Crippen molar-refractivity contribution in [2.24, 2.45) is 10.9 Å². The fraction of sp³-hybridized carbons (Fsp3) is 0.0984. The van der Waals surface area contributed by atoms with Crippen molar-refractivity contribution in [3.05, 3.63) is 273 Å². The largest absolute Gasteiger partial charge is 0.456 e. The van der Waals surface area contributed by atoms with Crippen molar-refractivity contribution >= 4 is 6.08 Å². The van der Waals surface area contributed by atoms with Gasteiger partial charge in [0.1, 0.15) is 11.5 Å². The topological polar surface area (TPSA) is 21.6 Å². The molecule has 2 heteroatoms. The molecule has 0 aromatic heterocycles. The van der Waals surface area contributed by atoms with E-state index in [9.17, 15) is 0 Å². The van der Waals surface area contributed by atoms with Crippen molar-refractivity contribution in [1.82, 2.24) is 0 Å². The Balaban J connectivity index is 1.01. The Bertz CT molecular complexity index is 3340. The highest BCUT2D eigenvalue weighted by Crippen LogP contribution is 2.67. The number of benzene rings is 9. The summed E-state index contributed by atoms with van der Waals surface area (Å²) < 4.78 is 7.19. The molecule has 13 rings (SSSR count). The maximum atomic E-state index is 7.19. The van der Waals surface area contributed by atoms with E-state index in [1.807, 2.05) is 0 Å². The van der Waals surface area contributed by atoms with Crippen molar-refractivity contribution in [3.8, 4) is 44.9 Å². The molecule has 2 atom stereocenters. The molecular weight excluding hydrogens is 763 g/mol. The van der Waals surface area contributed by atoms with Gasteiger partial charge in [0.05, 0.1) is 22.2 Å². The highest BCUT2D eigenvalue weighted by atomic mass is 16.5. The van der Waals surface area contributed by atoms with Gasteiger partial charge in [0.15, 0.2) is 0 Å². The first kappa shape index (κ1) is 36.1. The SMILES string of the molecule is CCC1C=c2c(-c3ccc(-c4cccc5c4Oc4ccccc4C54c5ccccc5C5(c6ccccc6-c6ccccc65)c5ccccc54)cc3)cccc2=NC1c1ccccc1. The zero-order valence-electron chi connectivity index (χ0n) is 35.0. The lowest BCUT2D eigenvalue weighted by molar-refractivity contribution is 0.430. The molecule has 2 aliphatic carbocycles. The van der Waals surface area contributed by atoms with E-state index in [4.69, 9.17) is 9.73 Å². The molecule has 0 amide bonds. The highest BCUT2D eigenvalue weighted by molar-refractivity contribution is 5.91. The van der Waals surface area contributed by atoms with Gasteiger partial charge in [-0.2, -0.15) is 0 Å². The van der Waals surface area contributed by atoms with Crippen LogP contribution in [0.4, 0.5) is 0 Å². The Morgan fingerprint density at radius 3 is 1.49 bits per heavy atom. The Morgan fingerprint density at radius 1 is 0.413 bits per heavy atom. The smallest absolute Gasteiger partial charge is 0.140 e. The van der Waals surface area contributed by atoms with Crippen LogP contribution in [0.2, 0.25) is 0 Å². The molecule has 9 aromatic carbocycles. The van der Waals surface area contributed by atoms with E-state index < -0.39 is 10.8 Å². The summed E-state index contributed by atoms with van der Waals surface area (Å²) in [7, 11) is 0. The lowest BCUT2D eigenvalue weighted by Gasteiger charge is -2.51. The maximum Gasteiger partial charge on any atom is 0.140 e. The zero-order valence-corrected chi connectivity index (χ0v) is 35.0. The minimum atomic E-state index is -0.652. The zero-order chi connectivity index (χ0) is 41.7. The highest BCUT2D eigenvalue weighted by Gasteiger charge is 2.58. The molecule has 2 unspecified atom stereocenters. The van der Waals surface area contributed by atoms with Crippen LogP contribution in [0.5, 0.6) is 11.5 Å². The third-order valence-electron chi connectivity index (χ3n) is 14.6. The van der Waals surface area contributed by atoms with E-state index in [0.29, 0.717) is 5.92 Å². The van der Waals surface area contributed by atoms with E-state index in [2.05, 4.69) is 225 Å². The van der Waals surface area contributed by atoms with Crippen LogP contribution in [-0.4, -0.2) is 0 Å². The van der Waals surface area contributed by atoms with Gasteiger partial charge in [-0.05, 0) is 85.3 Å². The van der Waals surface area contributed by atoms with E-state index in [1.165, 1.54) is 66.4 Å². The molecule has 0 saturated carbocycles. The molecule has 0 saturated heterocycles. The van der Waals surface area contributed by atoms with Crippen LogP contribution < -0.4 is 15.3 Å². The molecule has 0 fully saturated rings. The first-order valence-corrected chi connectivity index (χ1v) is 22.4. The van der Waals surface area contributed by atoms with Crippen molar-refractivity contribution in [2.45, 2.75) is 30.2 Å². The molecule has 9 aromatic rings. The Morgan fingerprint density at radius 2 is 0.873 bits per heavy atom. The number of rotatable bonds is 4. The van der Waals surface area contributed by atoms with Gasteiger partial charge in [-0.25, -0.2) is 0 Å². The van der Waals surface area contributed by atoms with Crippen LogP contribution in [0, 0.1) is 5.92 Å². The van der Waals surface area contributed by atoms with E-state index >= 15 is 0 Å². The summed E-state index contributed by atoms with van der Waals surface area (Å²) in [6, 6.07) is 78.6. The van der Waals surface area contributed by atoms with E-state index in [0.717, 1.165) is 45.5 Å². The average Bonchev–Trinajstić information content (AvgIpc) is 3.65. The van der Waals surface area contributed by atoms with Gasteiger partial charge < -0.3 is 4.74 Å². The minimum Gasteiger partial charge on any atom is -0.456 e. The second kappa shape index (κ2) is 13.7. The monoisotopic (exact) mass is 805 g/mol. The van der Waals surface area contributed by atoms with Gasteiger partial charge in [0.2, 0.25) is 0 Å². The molecular formula is C61H43NO. The maximum absolute atomic E-state index is 7.19. The fourth-order valence-corrected chi connectivity index (χ4v) is 12.0. The first-order chi connectivity index (χ1) is 31.2. The molecule has 298 valence electrons. The summed E-state index contributed by atoms with van der Waals surface area (Å²) in [6.07, 6.45) is 3.49. The number of nitrogens with zero attached hydrogens (tertiary/aromatic N) is 1. The average molecular weight is 806 g/mol. The minimum absolute atomic E-state index is 0.123. The molecule has 0 radical (unpaired) electrons. The van der Waals surface area contributed by atoms with Crippen LogP contribution in [0.25, 0.3) is 39.5 Å². The molecule has 63 heavy (non-hydrogen) atoms. The summed E-state index contributed by atoms with van der Waals surface area (Å²) >= 11 is 0. The Labute approximate surface area is 368 Å². The standard InChI is InChI=1S/C61H43NO/c1-2-39-38-47-43(22-17-32-56(47)62-58(39)42-18-4-3-5-19-42)40-34-36-41(37-35-40)44-23-16-31-55-59(44)63-57-33-15-14-30-54(57)61(55)52-28-12-10-26-50(52)60(51-27-11-13-29-53(51)61)48-24-8-6-20-45(48)46-21-7-9-25-49(46)60/h3-39,58H,2H2,1H3. The van der Waals surface area contributed by atoms with E-state index in [1.54, 1.807) is 0 Å². The molecule has 2 spiro atoms. The normalized spacial score (nSPS) is 17.3. The van der Waals surface area contributed by atoms with Crippen LogP contribution in [0.1, 0.15) is 69.5 Å². The van der Waals surface area contributed by atoms with Gasteiger partial charge in [0.25, 0.3) is 0 Å². The van der Waals surface area contributed by atoms with Crippen LogP contribution >= 0.6 is 0 Å².